The summed E-state index contributed by atoms with van der Waals surface area (Å²) in [5, 5.41) is 4.41. The summed E-state index contributed by atoms with van der Waals surface area (Å²) < 4.78 is 0. The second-order valence-electron chi connectivity index (χ2n) is 5.29. The van der Waals surface area contributed by atoms with Crippen molar-refractivity contribution < 1.29 is 0 Å². The smallest absolute Gasteiger partial charge is 0.0406 e. The Morgan fingerprint density at radius 1 is 1.28 bits per heavy atom. The van der Waals surface area contributed by atoms with Gasteiger partial charge in [-0.2, -0.15) is 0 Å². The molecule has 1 aliphatic rings. The van der Waals surface area contributed by atoms with E-state index >= 15 is 0 Å². The lowest BCUT2D eigenvalue weighted by molar-refractivity contribution is 0.264. The first-order chi connectivity index (χ1) is 8.74. The minimum absolute atomic E-state index is 0.689. The third-order valence-corrected chi connectivity index (χ3v) is 3.89. The van der Waals surface area contributed by atoms with Gasteiger partial charge in [-0.3, -0.25) is 0 Å². The zero-order chi connectivity index (χ0) is 12.8. The fourth-order valence-electron chi connectivity index (χ4n) is 2.52. The number of benzene rings is 1. The molecule has 18 heavy (non-hydrogen) atoms. The Morgan fingerprint density at radius 3 is 2.72 bits per heavy atom. The molecule has 2 rings (SSSR count). The first-order valence-electron chi connectivity index (χ1n) is 6.90. The highest BCUT2D eigenvalue weighted by atomic mass is 35.5. The largest absolute Gasteiger partial charge is 0.313 e. The van der Waals surface area contributed by atoms with Crippen LogP contribution in [0.1, 0.15) is 24.8 Å². The first kappa shape index (κ1) is 13.9. The molecular weight excluding hydrogens is 244 g/mol. The zero-order valence-corrected chi connectivity index (χ0v) is 11.9. The number of piperidine rings is 1. The molecule has 1 unspecified atom stereocenters. The van der Waals surface area contributed by atoms with Crippen LogP contribution < -0.4 is 5.32 Å². The van der Waals surface area contributed by atoms with Crippen molar-refractivity contribution in [1.82, 2.24) is 10.2 Å². The third kappa shape index (κ3) is 4.60. The maximum Gasteiger partial charge on any atom is 0.0406 e. The van der Waals surface area contributed by atoms with E-state index in [1.165, 1.54) is 31.4 Å². The summed E-state index contributed by atoms with van der Waals surface area (Å²) in [6.07, 6.45) is 5.14. The van der Waals surface area contributed by atoms with Gasteiger partial charge in [0.15, 0.2) is 0 Å². The Hall–Kier alpha value is -0.570. The summed E-state index contributed by atoms with van der Waals surface area (Å²) in [5.74, 6) is 0. The average Bonchev–Trinajstić information content (AvgIpc) is 2.39. The summed E-state index contributed by atoms with van der Waals surface area (Å²) in [6, 6.07) is 8.87. The fourth-order valence-corrected chi connectivity index (χ4v) is 2.64. The van der Waals surface area contributed by atoms with E-state index in [2.05, 4.69) is 29.4 Å². The number of likely N-dealkylation sites (N-methyl/N-ethyl adjacent to an activating group) is 1. The Labute approximate surface area is 115 Å². The highest BCUT2D eigenvalue weighted by Crippen LogP contribution is 2.11. The van der Waals surface area contributed by atoms with Crippen molar-refractivity contribution in [1.29, 1.82) is 0 Å². The number of rotatable bonds is 5. The van der Waals surface area contributed by atoms with Crippen LogP contribution in [0.4, 0.5) is 0 Å². The molecule has 0 aromatic heterocycles. The predicted octanol–water partition coefficient (Wildman–Crippen LogP) is 2.96. The molecule has 3 heteroatoms. The quantitative estimate of drug-likeness (QED) is 0.882. The lowest BCUT2D eigenvalue weighted by Gasteiger charge is -2.28. The predicted molar refractivity (Wildman–Crippen MR) is 78.3 cm³/mol. The molecular formula is C15H23ClN2. The fraction of sp³-hybridized carbons (Fsp3) is 0.600. The molecule has 0 amide bonds. The molecule has 1 heterocycles. The second-order valence-corrected chi connectivity index (χ2v) is 5.72. The van der Waals surface area contributed by atoms with Crippen molar-refractivity contribution in [2.45, 2.75) is 31.7 Å². The standard InChI is InChI=1S/C15H23ClN2/c1-18(12-15-4-2-3-10-17-15)11-9-13-5-7-14(16)8-6-13/h5-8,15,17H,2-4,9-12H2,1H3. The van der Waals surface area contributed by atoms with Gasteiger partial charge >= 0.3 is 0 Å². The molecule has 0 radical (unpaired) electrons. The van der Waals surface area contributed by atoms with E-state index in [-0.39, 0.29) is 0 Å². The van der Waals surface area contributed by atoms with Crippen molar-refractivity contribution in [2.75, 3.05) is 26.7 Å². The number of hydrogen-bond acceptors (Lipinski definition) is 2. The van der Waals surface area contributed by atoms with E-state index in [0.717, 1.165) is 24.5 Å². The van der Waals surface area contributed by atoms with Crippen LogP contribution in [0.5, 0.6) is 0 Å². The number of halogens is 1. The molecule has 1 aliphatic heterocycles. The summed E-state index contributed by atoms with van der Waals surface area (Å²) in [4.78, 5) is 2.43. The maximum absolute atomic E-state index is 5.88. The Balaban J connectivity index is 1.70. The van der Waals surface area contributed by atoms with Crippen molar-refractivity contribution in [3.05, 3.63) is 34.9 Å². The van der Waals surface area contributed by atoms with Crippen LogP contribution in [0.15, 0.2) is 24.3 Å². The number of nitrogens with one attached hydrogen (secondary N) is 1. The van der Waals surface area contributed by atoms with Crippen molar-refractivity contribution in [3.63, 3.8) is 0 Å². The molecule has 0 spiro atoms. The Bertz CT molecular complexity index is 344. The van der Waals surface area contributed by atoms with Crippen molar-refractivity contribution >= 4 is 11.6 Å². The minimum Gasteiger partial charge on any atom is -0.313 e. The van der Waals surface area contributed by atoms with Gasteiger partial charge in [-0.1, -0.05) is 30.2 Å². The van der Waals surface area contributed by atoms with Gasteiger partial charge < -0.3 is 10.2 Å². The van der Waals surface area contributed by atoms with Gasteiger partial charge in [-0.15, -0.1) is 0 Å². The maximum atomic E-state index is 5.88. The van der Waals surface area contributed by atoms with Gasteiger partial charge in [0.25, 0.3) is 0 Å². The number of nitrogens with zero attached hydrogens (tertiary/aromatic N) is 1. The molecule has 1 saturated heterocycles. The van der Waals surface area contributed by atoms with Crippen LogP contribution in [0, 0.1) is 0 Å². The highest BCUT2D eigenvalue weighted by molar-refractivity contribution is 6.30. The monoisotopic (exact) mass is 266 g/mol. The van der Waals surface area contributed by atoms with Gasteiger partial charge in [0, 0.05) is 24.2 Å². The molecule has 1 fully saturated rings. The zero-order valence-electron chi connectivity index (χ0n) is 11.2. The summed E-state index contributed by atoms with van der Waals surface area (Å²) in [5.41, 5.74) is 1.36. The molecule has 0 saturated carbocycles. The van der Waals surface area contributed by atoms with E-state index in [1.54, 1.807) is 0 Å². The number of hydrogen-bond donors (Lipinski definition) is 1. The van der Waals surface area contributed by atoms with E-state index < -0.39 is 0 Å². The van der Waals surface area contributed by atoms with E-state index in [9.17, 15) is 0 Å². The van der Waals surface area contributed by atoms with Crippen LogP contribution >= 0.6 is 11.6 Å². The molecule has 2 nitrogen and oxygen atoms in total. The third-order valence-electron chi connectivity index (χ3n) is 3.64. The molecule has 1 aromatic rings. The van der Waals surface area contributed by atoms with Crippen LogP contribution in [0.25, 0.3) is 0 Å². The van der Waals surface area contributed by atoms with Crippen LogP contribution in [-0.2, 0) is 6.42 Å². The van der Waals surface area contributed by atoms with E-state index in [0.29, 0.717) is 6.04 Å². The van der Waals surface area contributed by atoms with Gasteiger partial charge in [-0.05, 0) is 50.6 Å². The topological polar surface area (TPSA) is 15.3 Å². The molecule has 1 aromatic carbocycles. The van der Waals surface area contributed by atoms with Gasteiger partial charge in [0.05, 0.1) is 0 Å². The van der Waals surface area contributed by atoms with E-state index in [1.807, 2.05) is 12.1 Å². The van der Waals surface area contributed by atoms with Gasteiger partial charge in [0.2, 0.25) is 0 Å². The second kappa shape index (κ2) is 7.13. The molecule has 100 valence electrons. The molecule has 0 bridgehead atoms. The van der Waals surface area contributed by atoms with Crippen molar-refractivity contribution in [2.24, 2.45) is 0 Å². The van der Waals surface area contributed by atoms with Crippen molar-refractivity contribution in [3.8, 4) is 0 Å². The van der Waals surface area contributed by atoms with Crippen LogP contribution in [0.2, 0.25) is 5.02 Å². The summed E-state index contributed by atoms with van der Waals surface area (Å²) in [6.45, 7) is 3.46. The Kier molecular flexibility index (Phi) is 5.48. The lowest BCUT2D eigenvalue weighted by Crippen LogP contribution is -2.42. The lowest BCUT2D eigenvalue weighted by atomic mass is 10.0. The molecule has 0 aliphatic carbocycles. The summed E-state index contributed by atoms with van der Waals surface area (Å²) in [7, 11) is 2.21. The average molecular weight is 267 g/mol. The summed E-state index contributed by atoms with van der Waals surface area (Å²) >= 11 is 5.88. The highest BCUT2D eigenvalue weighted by Gasteiger charge is 2.14. The van der Waals surface area contributed by atoms with Gasteiger partial charge in [-0.25, -0.2) is 0 Å². The SMILES string of the molecule is CN(CCc1ccc(Cl)cc1)CC1CCCCN1. The molecule has 1 N–H and O–H groups in total. The normalized spacial score (nSPS) is 20.3. The van der Waals surface area contributed by atoms with Gasteiger partial charge in [0.1, 0.15) is 0 Å². The molecule has 1 atom stereocenters. The van der Waals surface area contributed by atoms with Crippen LogP contribution in [0.3, 0.4) is 0 Å². The first-order valence-corrected chi connectivity index (χ1v) is 7.28. The Morgan fingerprint density at radius 2 is 2.06 bits per heavy atom. The van der Waals surface area contributed by atoms with E-state index in [4.69, 9.17) is 11.6 Å². The van der Waals surface area contributed by atoms with Crippen LogP contribution in [-0.4, -0.2) is 37.6 Å². The minimum atomic E-state index is 0.689.